The summed E-state index contributed by atoms with van der Waals surface area (Å²) in [5, 5.41) is 26.1. The number of nitrogens with zero attached hydrogens (tertiary/aromatic N) is 1. The minimum Gasteiger partial charge on any atom is -0.516 e. The minimum absolute atomic E-state index is 0.237. The predicted molar refractivity (Wildman–Crippen MR) is 36.9 cm³/mol. The van der Waals surface area contributed by atoms with Crippen molar-refractivity contribution in [3.8, 4) is 0 Å². The lowest BCUT2D eigenvalue weighted by Crippen LogP contribution is -2.18. The Labute approximate surface area is 59.3 Å². The predicted octanol–water partition coefficient (Wildman–Crippen LogP) is 0.821. The SMILES string of the molecule is OC=CCN(O)CC=CO. The van der Waals surface area contributed by atoms with Gasteiger partial charge in [-0.1, -0.05) is 0 Å². The maximum absolute atomic E-state index is 8.82. The Hall–Kier alpha value is -1.00. The molecule has 4 heteroatoms. The van der Waals surface area contributed by atoms with Crippen LogP contribution in [0.3, 0.4) is 0 Å². The number of hydroxylamine groups is 2. The van der Waals surface area contributed by atoms with Crippen LogP contribution in [0.4, 0.5) is 0 Å². The van der Waals surface area contributed by atoms with Crippen LogP contribution in [-0.2, 0) is 0 Å². The molecule has 4 nitrogen and oxygen atoms in total. The molecular weight excluding hydrogens is 134 g/mol. The van der Waals surface area contributed by atoms with E-state index in [0.717, 1.165) is 17.6 Å². The zero-order valence-electron chi connectivity index (χ0n) is 5.51. The van der Waals surface area contributed by atoms with Gasteiger partial charge in [0.1, 0.15) is 0 Å². The quantitative estimate of drug-likeness (QED) is 0.405. The van der Waals surface area contributed by atoms with Crippen LogP contribution in [0.1, 0.15) is 0 Å². The lowest BCUT2D eigenvalue weighted by molar-refractivity contribution is -0.0697. The van der Waals surface area contributed by atoms with Crippen LogP contribution in [0.2, 0.25) is 0 Å². The van der Waals surface area contributed by atoms with E-state index in [2.05, 4.69) is 0 Å². The Morgan fingerprint density at radius 2 is 1.40 bits per heavy atom. The van der Waals surface area contributed by atoms with Gasteiger partial charge in [-0.2, -0.15) is 5.06 Å². The van der Waals surface area contributed by atoms with Gasteiger partial charge in [-0.25, -0.2) is 0 Å². The molecule has 0 amide bonds. The first-order chi connectivity index (χ1) is 4.81. The maximum atomic E-state index is 8.82. The average Bonchev–Trinajstić information content (AvgIpc) is 1.97. The first-order valence-corrected chi connectivity index (χ1v) is 2.83. The highest BCUT2D eigenvalue weighted by Crippen LogP contribution is 1.82. The summed E-state index contributed by atoms with van der Waals surface area (Å²) >= 11 is 0. The third-order valence-corrected chi connectivity index (χ3v) is 0.843. The van der Waals surface area contributed by atoms with Gasteiger partial charge >= 0.3 is 0 Å². The van der Waals surface area contributed by atoms with Crippen LogP contribution in [0.15, 0.2) is 24.7 Å². The summed E-state index contributed by atoms with van der Waals surface area (Å²) in [5.41, 5.74) is 0. The molecule has 0 saturated heterocycles. The molecule has 0 aliphatic heterocycles. The smallest absolute Gasteiger partial charge is 0.0765 e. The molecule has 0 unspecified atom stereocenters. The summed E-state index contributed by atoms with van der Waals surface area (Å²) < 4.78 is 0. The lowest BCUT2D eigenvalue weighted by atomic mass is 10.5. The standard InChI is InChI=1S/C6H11NO3/c8-5-1-3-7(10)4-2-6-9/h1-2,5-6,8-10H,3-4H2. The van der Waals surface area contributed by atoms with Crippen molar-refractivity contribution < 1.29 is 15.4 Å². The van der Waals surface area contributed by atoms with Crippen molar-refractivity contribution in [2.75, 3.05) is 13.1 Å². The third-order valence-electron chi connectivity index (χ3n) is 0.843. The van der Waals surface area contributed by atoms with Gasteiger partial charge < -0.3 is 15.4 Å². The fourth-order valence-corrected chi connectivity index (χ4v) is 0.412. The first-order valence-electron chi connectivity index (χ1n) is 2.83. The largest absolute Gasteiger partial charge is 0.516 e. The van der Waals surface area contributed by atoms with Gasteiger partial charge in [-0.05, 0) is 12.2 Å². The summed E-state index contributed by atoms with van der Waals surface area (Å²) in [7, 11) is 0. The second-order valence-electron chi connectivity index (χ2n) is 1.64. The van der Waals surface area contributed by atoms with E-state index in [1.165, 1.54) is 12.2 Å². The van der Waals surface area contributed by atoms with E-state index in [9.17, 15) is 0 Å². The molecule has 0 aliphatic rings. The zero-order chi connectivity index (χ0) is 7.82. The fourth-order valence-electron chi connectivity index (χ4n) is 0.412. The molecular formula is C6H11NO3. The summed E-state index contributed by atoms with van der Waals surface area (Å²) in [6.45, 7) is 0.474. The van der Waals surface area contributed by atoms with Crippen LogP contribution < -0.4 is 0 Å². The van der Waals surface area contributed by atoms with E-state index < -0.39 is 0 Å². The molecule has 0 aromatic rings. The van der Waals surface area contributed by atoms with Crippen molar-refractivity contribution in [2.45, 2.75) is 0 Å². The van der Waals surface area contributed by atoms with E-state index in [1.807, 2.05) is 0 Å². The van der Waals surface area contributed by atoms with Crippen molar-refractivity contribution in [1.82, 2.24) is 5.06 Å². The highest BCUT2D eigenvalue weighted by atomic mass is 16.5. The average molecular weight is 145 g/mol. The highest BCUT2D eigenvalue weighted by Gasteiger charge is 1.91. The summed E-state index contributed by atoms with van der Waals surface area (Å²) in [5.74, 6) is 0. The Kier molecular flexibility index (Phi) is 5.51. The Bertz CT molecular complexity index is 108. The number of hydrogen-bond acceptors (Lipinski definition) is 4. The number of aliphatic hydroxyl groups excluding tert-OH is 2. The van der Waals surface area contributed by atoms with E-state index in [4.69, 9.17) is 15.4 Å². The van der Waals surface area contributed by atoms with Crippen LogP contribution in [0.5, 0.6) is 0 Å². The van der Waals surface area contributed by atoms with E-state index in [-0.39, 0.29) is 13.1 Å². The van der Waals surface area contributed by atoms with Gasteiger partial charge in [0.15, 0.2) is 0 Å². The molecule has 0 atom stereocenters. The third kappa shape index (κ3) is 5.14. The van der Waals surface area contributed by atoms with Gasteiger partial charge in [0.05, 0.1) is 12.5 Å². The van der Waals surface area contributed by atoms with Crippen molar-refractivity contribution >= 4 is 0 Å². The Morgan fingerprint density at radius 3 is 1.70 bits per heavy atom. The molecule has 0 fully saturated rings. The van der Waals surface area contributed by atoms with Gasteiger partial charge in [-0.15, -0.1) is 0 Å². The molecule has 0 spiro atoms. The van der Waals surface area contributed by atoms with Gasteiger partial charge in [-0.3, -0.25) is 0 Å². The summed E-state index contributed by atoms with van der Waals surface area (Å²) in [4.78, 5) is 0. The molecule has 0 radical (unpaired) electrons. The second kappa shape index (κ2) is 6.12. The second-order valence-corrected chi connectivity index (χ2v) is 1.64. The van der Waals surface area contributed by atoms with Crippen LogP contribution >= 0.6 is 0 Å². The highest BCUT2D eigenvalue weighted by molar-refractivity contribution is 4.79. The van der Waals surface area contributed by atoms with Gasteiger partial charge in [0, 0.05) is 13.1 Å². The van der Waals surface area contributed by atoms with Crippen molar-refractivity contribution in [3.63, 3.8) is 0 Å². The molecule has 0 aromatic carbocycles. The molecule has 58 valence electrons. The lowest BCUT2D eigenvalue weighted by Gasteiger charge is -2.07. The van der Waals surface area contributed by atoms with Gasteiger partial charge in [0.2, 0.25) is 0 Å². The van der Waals surface area contributed by atoms with Crippen molar-refractivity contribution in [3.05, 3.63) is 24.7 Å². The zero-order valence-corrected chi connectivity index (χ0v) is 5.51. The molecule has 10 heavy (non-hydrogen) atoms. The Morgan fingerprint density at radius 1 is 1.00 bits per heavy atom. The minimum atomic E-state index is 0.237. The number of aliphatic hydroxyl groups is 2. The summed E-state index contributed by atoms with van der Waals surface area (Å²) in [6.07, 6.45) is 4.47. The maximum Gasteiger partial charge on any atom is 0.0765 e. The van der Waals surface area contributed by atoms with Crippen molar-refractivity contribution in [1.29, 1.82) is 0 Å². The van der Waals surface area contributed by atoms with Gasteiger partial charge in [0.25, 0.3) is 0 Å². The molecule has 0 saturated carbocycles. The normalized spacial score (nSPS) is 12.2. The summed E-state index contributed by atoms with van der Waals surface area (Å²) in [6, 6.07) is 0. The molecule has 0 bridgehead atoms. The topological polar surface area (TPSA) is 63.9 Å². The van der Waals surface area contributed by atoms with E-state index in [0.29, 0.717) is 0 Å². The Balaban J connectivity index is 3.33. The number of rotatable bonds is 4. The fraction of sp³-hybridized carbons (Fsp3) is 0.333. The number of hydrogen-bond donors (Lipinski definition) is 3. The molecule has 0 heterocycles. The molecule has 0 rings (SSSR count). The molecule has 0 aromatic heterocycles. The van der Waals surface area contributed by atoms with Crippen LogP contribution in [0.25, 0.3) is 0 Å². The monoisotopic (exact) mass is 145 g/mol. The van der Waals surface area contributed by atoms with Crippen LogP contribution in [0, 0.1) is 0 Å². The molecule has 3 N–H and O–H groups in total. The molecule has 0 aliphatic carbocycles. The van der Waals surface area contributed by atoms with Crippen LogP contribution in [-0.4, -0.2) is 33.6 Å². The van der Waals surface area contributed by atoms with E-state index >= 15 is 0 Å². The van der Waals surface area contributed by atoms with Crippen molar-refractivity contribution in [2.24, 2.45) is 0 Å². The van der Waals surface area contributed by atoms with E-state index in [1.54, 1.807) is 0 Å². The first kappa shape index (κ1) is 9.00.